The Morgan fingerprint density at radius 1 is 1.23 bits per heavy atom. The zero-order valence-electron chi connectivity index (χ0n) is 16.2. The molecule has 11 heteroatoms. The van der Waals surface area contributed by atoms with Gasteiger partial charge in [0, 0.05) is 5.69 Å². The van der Waals surface area contributed by atoms with Gasteiger partial charge in [0.1, 0.15) is 5.75 Å². The Hall–Kier alpha value is -1.78. The van der Waals surface area contributed by atoms with E-state index in [1.165, 1.54) is 6.07 Å². The number of anilines is 1. The van der Waals surface area contributed by atoms with E-state index in [0.29, 0.717) is 26.4 Å². The molecule has 2 aromatic carbocycles. The standard InChI is InChI=1S/C20H16BrCl2N3O3S2/c1-10(2)29-16-6-3-11(7-13(16)21)8-17-18(27)26(20(30)31-17)25-19(28)24-12-4-5-14(22)15(23)9-12/h3-10H,1-2H3,(H2,24,25,28)/b17-8-. The van der Waals surface area contributed by atoms with E-state index in [0.717, 1.165) is 26.8 Å². The topological polar surface area (TPSA) is 70.7 Å². The number of hydrogen-bond donors (Lipinski definition) is 2. The Labute approximate surface area is 207 Å². The third kappa shape index (κ3) is 6.14. The maximum Gasteiger partial charge on any atom is 0.338 e. The molecule has 1 heterocycles. The van der Waals surface area contributed by atoms with Crippen LogP contribution >= 0.6 is 63.1 Å². The first kappa shape index (κ1) is 23.9. The second-order valence-corrected chi connectivity index (χ2v) is 9.91. The molecular formula is C20H16BrCl2N3O3S2. The van der Waals surface area contributed by atoms with E-state index in [2.05, 4.69) is 26.7 Å². The van der Waals surface area contributed by atoms with E-state index >= 15 is 0 Å². The van der Waals surface area contributed by atoms with Gasteiger partial charge in [-0.15, -0.1) is 0 Å². The van der Waals surface area contributed by atoms with Gasteiger partial charge in [-0.1, -0.05) is 41.0 Å². The third-order valence-corrected chi connectivity index (χ3v) is 6.46. The van der Waals surface area contributed by atoms with Crippen molar-refractivity contribution in [1.82, 2.24) is 10.4 Å². The van der Waals surface area contributed by atoms with Gasteiger partial charge < -0.3 is 10.1 Å². The van der Waals surface area contributed by atoms with Gasteiger partial charge >= 0.3 is 6.03 Å². The number of nitrogens with one attached hydrogen (secondary N) is 2. The normalized spacial score (nSPS) is 15.0. The molecule has 3 amide bonds. The fourth-order valence-corrected chi connectivity index (χ4v) is 4.47. The van der Waals surface area contributed by atoms with Crippen molar-refractivity contribution in [2.75, 3.05) is 5.32 Å². The molecule has 1 aliphatic rings. The number of rotatable bonds is 5. The number of carbonyl (C=O) groups excluding carboxylic acids is 2. The minimum atomic E-state index is -0.645. The molecule has 0 unspecified atom stereocenters. The van der Waals surface area contributed by atoms with E-state index in [1.807, 2.05) is 32.0 Å². The molecule has 0 radical (unpaired) electrons. The summed E-state index contributed by atoms with van der Waals surface area (Å²) in [5.41, 5.74) is 3.64. The van der Waals surface area contributed by atoms with Crippen molar-refractivity contribution in [2.24, 2.45) is 0 Å². The number of thiocarbonyl (C=S) groups is 1. The van der Waals surface area contributed by atoms with Gasteiger partial charge in [-0.25, -0.2) is 10.2 Å². The third-order valence-electron chi connectivity index (χ3n) is 3.80. The minimum Gasteiger partial charge on any atom is -0.490 e. The van der Waals surface area contributed by atoms with Crippen molar-refractivity contribution in [3.63, 3.8) is 0 Å². The van der Waals surface area contributed by atoms with Crippen LogP contribution in [0.15, 0.2) is 45.8 Å². The summed E-state index contributed by atoms with van der Waals surface area (Å²) in [5, 5.41) is 4.26. The molecule has 6 nitrogen and oxygen atoms in total. The molecule has 2 N–H and O–H groups in total. The minimum absolute atomic E-state index is 0.0412. The van der Waals surface area contributed by atoms with Gasteiger partial charge in [0.2, 0.25) is 0 Å². The number of hydrazine groups is 1. The molecule has 2 aromatic rings. The molecule has 3 rings (SSSR count). The van der Waals surface area contributed by atoms with Crippen molar-refractivity contribution >= 4 is 91.1 Å². The average molecular weight is 561 g/mol. The first-order valence-corrected chi connectivity index (χ1v) is 11.7. The number of hydrogen-bond acceptors (Lipinski definition) is 5. The monoisotopic (exact) mass is 559 g/mol. The quantitative estimate of drug-likeness (QED) is 0.323. The van der Waals surface area contributed by atoms with Gasteiger partial charge in [-0.2, -0.15) is 5.01 Å². The molecular weight excluding hydrogens is 545 g/mol. The van der Waals surface area contributed by atoms with Crippen molar-refractivity contribution in [3.05, 3.63) is 61.4 Å². The van der Waals surface area contributed by atoms with E-state index in [9.17, 15) is 9.59 Å². The highest BCUT2D eigenvalue weighted by Crippen LogP contribution is 2.33. The second kappa shape index (κ2) is 10.2. The summed E-state index contributed by atoms with van der Waals surface area (Å²) in [4.78, 5) is 25.4. The van der Waals surface area contributed by atoms with Crippen molar-refractivity contribution < 1.29 is 14.3 Å². The van der Waals surface area contributed by atoms with Crippen LogP contribution in [0.1, 0.15) is 19.4 Å². The molecule has 0 bridgehead atoms. The van der Waals surface area contributed by atoms with Gasteiger partial charge in [0.05, 0.1) is 25.5 Å². The number of halogens is 3. The van der Waals surface area contributed by atoms with Crippen LogP contribution < -0.4 is 15.5 Å². The van der Waals surface area contributed by atoms with Crippen LogP contribution in [0.25, 0.3) is 6.08 Å². The number of thioether (sulfide) groups is 1. The highest BCUT2D eigenvalue weighted by Gasteiger charge is 2.33. The molecule has 0 aliphatic carbocycles. The molecule has 162 valence electrons. The van der Waals surface area contributed by atoms with Crippen LogP contribution in [0.4, 0.5) is 10.5 Å². The maximum atomic E-state index is 12.7. The summed E-state index contributed by atoms with van der Waals surface area (Å²) in [6.07, 6.45) is 1.74. The summed E-state index contributed by atoms with van der Waals surface area (Å²) in [5.74, 6) is 0.276. The fraction of sp³-hybridized carbons (Fsp3) is 0.150. The number of carbonyl (C=O) groups is 2. The largest absolute Gasteiger partial charge is 0.490 e. The van der Waals surface area contributed by atoms with E-state index in [1.54, 1.807) is 18.2 Å². The van der Waals surface area contributed by atoms with E-state index in [4.69, 9.17) is 40.2 Å². The predicted molar refractivity (Wildman–Crippen MR) is 134 cm³/mol. The van der Waals surface area contributed by atoms with Gasteiger partial charge in [0.25, 0.3) is 5.91 Å². The molecule has 0 spiro atoms. The SMILES string of the molecule is CC(C)Oc1ccc(/C=C2\SC(=S)N(NC(=O)Nc3ccc(Cl)c(Cl)c3)C2=O)cc1Br. The predicted octanol–water partition coefficient (Wildman–Crippen LogP) is 6.48. The van der Waals surface area contributed by atoms with Crippen LogP contribution in [-0.4, -0.2) is 27.4 Å². The van der Waals surface area contributed by atoms with Crippen LogP contribution in [0.3, 0.4) is 0 Å². The Bertz CT molecular complexity index is 1100. The van der Waals surface area contributed by atoms with Gasteiger partial charge in [-0.3, -0.25) is 4.79 Å². The van der Waals surface area contributed by atoms with Gasteiger partial charge in [-0.05, 0) is 84.0 Å². The molecule has 1 saturated heterocycles. The first-order valence-electron chi connectivity index (χ1n) is 8.91. The molecule has 0 atom stereocenters. The zero-order chi connectivity index (χ0) is 22.7. The van der Waals surface area contributed by atoms with E-state index < -0.39 is 11.9 Å². The summed E-state index contributed by atoms with van der Waals surface area (Å²) < 4.78 is 6.67. The summed E-state index contributed by atoms with van der Waals surface area (Å²) in [7, 11) is 0. The van der Waals surface area contributed by atoms with Crippen LogP contribution in [-0.2, 0) is 4.79 Å². The number of urea groups is 1. The first-order chi connectivity index (χ1) is 14.6. The summed E-state index contributed by atoms with van der Waals surface area (Å²) in [6.45, 7) is 3.88. The second-order valence-electron chi connectivity index (χ2n) is 6.57. The average Bonchev–Trinajstić information content (AvgIpc) is 2.94. The molecule has 31 heavy (non-hydrogen) atoms. The van der Waals surface area contributed by atoms with Gasteiger partial charge in [0.15, 0.2) is 4.32 Å². The summed E-state index contributed by atoms with van der Waals surface area (Å²) in [6, 6.07) is 9.49. The molecule has 0 saturated carbocycles. The number of amides is 3. The molecule has 1 aliphatic heterocycles. The highest BCUT2D eigenvalue weighted by molar-refractivity contribution is 9.10. The van der Waals surface area contributed by atoms with Crippen molar-refractivity contribution in [3.8, 4) is 5.75 Å². The van der Waals surface area contributed by atoms with Crippen molar-refractivity contribution in [2.45, 2.75) is 20.0 Å². The van der Waals surface area contributed by atoms with Crippen LogP contribution in [0.2, 0.25) is 10.0 Å². The summed E-state index contributed by atoms with van der Waals surface area (Å²) >= 11 is 21.6. The lowest BCUT2D eigenvalue weighted by molar-refractivity contribution is -0.123. The zero-order valence-corrected chi connectivity index (χ0v) is 21.0. The van der Waals surface area contributed by atoms with Crippen molar-refractivity contribution in [1.29, 1.82) is 0 Å². The Kier molecular flexibility index (Phi) is 7.87. The Morgan fingerprint density at radius 2 is 1.97 bits per heavy atom. The lowest BCUT2D eigenvalue weighted by Crippen LogP contribution is -2.46. The van der Waals surface area contributed by atoms with Crippen LogP contribution in [0.5, 0.6) is 5.75 Å². The van der Waals surface area contributed by atoms with Crippen LogP contribution in [0, 0.1) is 0 Å². The molecule has 1 fully saturated rings. The maximum absolute atomic E-state index is 12.7. The fourth-order valence-electron chi connectivity index (χ4n) is 2.51. The lowest BCUT2D eigenvalue weighted by Gasteiger charge is -2.16. The number of ether oxygens (including phenoxy) is 1. The number of nitrogens with zero attached hydrogens (tertiary/aromatic N) is 1. The smallest absolute Gasteiger partial charge is 0.338 e. The Morgan fingerprint density at radius 3 is 2.61 bits per heavy atom. The number of benzene rings is 2. The lowest BCUT2D eigenvalue weighted by atomic mass is 10.2. The van der Waals surface area contributed by atoms with E-state index in [-0.39, 0.29) is 10.4 Å². The highest BCUT2D eigenvalue weighted by atomic mass is 79.9. The Balaban J connectivity index is 1.69. The molecule has 0 aromatic heterocycles.